The first kappa shape index (κ1) is 17.7. The fraction of sp³-hybridized carbons (Fsp3) is 0.682. The predicted octanol–water partition coefficient (Wildman–Crippen LogP) is 4.08. The van der Waals surface area contributed by atoms with Crippen molar-refractivity contribution in [2.45, 2.75) is 77.7 Å². The molecule has 140 valence electrons. The lowest BCUT2D eigenvalue weighted by molar-refractivity contribution is -0.181. The van der Waals surface area contributed by atoms with Crippen molar-refractivity contribution in [3.63, 3.8) is 0 Å². The lowest BCUT2D eigenvalue weighted by atomic mass is 9.54. The maximum Gasteiger partial charge on any atom is 0.303 e. The Bertz CT molecular complexity index is 758. The van der Waals surface area contributed by atoms with Crippen LogP contribution in [0.3, 0.4) is 0 Å². The van der Waals surface area contributed by atoms with Crippen molar-refractivity contribution < 1.29 is 19.1 Å². The van der Waals surface area contributed by atoms with E-state index in [1.54, 1.807) is 6.92 Å². The number of esters is 1. The molecule has 0 aromatic carbocycles. The second-order valence-corrected chi connectivity index (χ2v) is 8.82. The molecule has 0 aromatic rings. The van der Waals surface area contributed by atoms with Crippen molar-refractivity contribution in [3.05, 3.63) is 22.8 Å². The number of hydrogen-bond acceptors (Lipinski definition) is 4. The molecule has 4 atom stereocenters. The molecule has 2 saturated carbocycles. The Labute approximate surface area is 155 Å². The first-order chi connectivity index (χ1) is 12.3. The molecule has 0 bridgehead atoms. The van der Waals surface area contributed by atoms with Crippen LogP contribution in [0.5, 0.6) is 0 Å². The minimum absolute atomic E-state index is 0.00606. The zero-order valence-corrected chi connectivity index (χ0v) is 16.0. The van der Waals surface area contributed by atoms with Crippen LogP contribution in [0.25, 0.3) is 0 Å². The summed E-state index contributed by atoms with van der Waals surface area (Å²) in [6.45, 7) is 5.17. The molecule has 0 aromatic heterocycles. The first-order valence-electron chi connectivity index (χ1n) is 9.95. The van der Waals surface area contributed by atoms with Crippen molar-refractivity contribution in [1.82, 2.24) is 0 Å². The monoisotopic (exact) mass is 356 g/mol. The molecule has 2 fully saturated rings. The van der Waals surface area contributed by atoms with Crippen molar-refractivity contribution >= 4 is 17.5 Å². The highest BCUT2D eigenvalue weighted by atomic mass is 16.6. The first-order valence-corrected chi connectivity index (χ1v) is 9.95. The highest BCUT2D eigenvalue weighted by Crippen LogP contribution is 2.64. The summed E-state index contributed by atoms with van der Waals surface area (Å²) >= 11 is 0. The van der Waals surface area contributed by atoms with E-state index in [1.807, 2.05) is 6.08 Å². The number of allylic oxidation sites excluding steroid dienone is 4. The topological polar surface area (TPSA) is 60.4 Å². The third-order valence-corrected chi connectivity index (χ3v) is 7.74. The van der Waals surface area contributed by atoms with E-state index in [9.17, 15) is 14.4 Å². The summed E-state index contributed by atoms with van der Waals surface area (Å²) in [5, 5.41) is 0. The number of hydrogen-bond donors (Lipinski definition) is 0. The summed E-state index contributed by atoms with van der Waals surface area (Å²) in [6, 6.07) is 0. The standard InChI is InChI=1S/C22H28O4/c1-13(23)22(26-14(2)24)11-9-20-19-6-4-15-12-16(25)5-7-17(15)18(19)8-10-21(20,22)3/h12,19-20H,4-11H2,1-3H3. The fourth-order valence-electron chi connectivity index (χ4n) is 6.59. The molecule has 0 amide bonds. The van der Waals surface area contributed by atoms with Crippen molar-refractivity contribution in [2.24, 2.45) is 17.3 Å². The summed E-state index contributed by atoms with van der Waals surface area (Å²) in [5.41, 5.74) is 2.96. The molecule has 4 aliphatic rings. The summed E-state index contributed by atoms with van der Waals surface area (Å²) in [6.07, 6.45) is 8.78. The van der Waals surface area contributed by atoms with Crippen LogP contribution in [0.2, 0.25) is 0 Å². The number of fused-ring (bicyclic) bond motifs is 4. The maximum atomic E-state index is 12.7. The number of ether oxygens (including phenoxy) is 1. The molecule has 0 spiro atoms. The zero-order valence-electron chi connectivity index (χ0n) is 16.0. The van der Waals surface area contributed by atoms with E-state index in [0.29, 0.717) is 24.7 Å². The van der Waals surface area contributed by atoms with Crippen LogP contribution in [-0.4, -0.2) is 23.1 Å². The van der Waals surface area contributed by atoms with E-state index in [1.165, 1.54) is 23.6 Å². The van der Waals surface area contributed by atoms with Gasteiger partial charge >= 0.3 is 5.97 Å². The average Bonchev–Trinajstić information content (AvgIpc) is 2.87. The summed E-state index contributed by atoms with van der Waals surface area (Å²) in [5.74, 6) is 0.737. The Balaban J connectivity index is 1.74. The van der Waals surface area contributed by atoms with E-state index in [-0.39, 0.29) is 23.0 Å². The molecule has 4 unspecified atom stereocenters. The Morgan fingerprint density at radius 2 is 1.85 bits per heavy atom. The quantitative estimate of drug-likeness (QED) is 0.700. The molecule has 0 saturated heterocycles. The van der Waals surface area contributed by atoms with Crippen LogP contribution in [-0.2, 0) is 19.1 Å². The fourth-order valence-corrected chi connectivity index (χ4v) is 6.59. The molecule has 0 radical (unpaired) electrons. The van der Waals surface area contributed by atoms with Gasteiger partial charge in [-0.05, 0) is 80.9 Å². The minimum atomic E-state index is -0.960. The van der Waals surface area contributed by atoms with Gasteiger partial charge in [0.15, 0.2) is 17.2 Å². The average molecular weight is 356 g/mol. The molecular formula is C22H28O4. The van der Waals surface area contributed by atoms with Crippen LogP contribution >= 0.6 is 0 Å². The minimum Gasteiger partial charge on any atom is -0.451 e. The van der Waals surface area contributed by atoms with Gasteiger partial charge in [-0.15, -0.1) is 0 Å². The molecule has 0 heterocycles. The second kappa shape index (κ2) is 5.90. The van der Waals surface area contributed by atoms with Gasteiger partial charge in [0.1, 0.15) is 0 Å². The van der Waals surface area contributed by atoms with Crippen molar-refractivity contribution in [2.75, 3.05) is 0 Å². The van der Waals surface area contributed by atoms with Crippen LogP contribution in [0.4, 0.5) is 0 Å². The van der Waals surface area contributed by atoms with Gasteiger partial charge in [-0.3, -0.25) is 14.4 Å². The van der Waals surface area contributed by atoms with Crippen LogP contribution in [0, 0.1) is 17.3 Å². The van der Waals surface area contributed by atoms with E-state index in [0.717, 1.165) is 38.5 Å². The van der Waals surface area contributed by atoms with Gasteiger partial charge in [0, 0.05) is 18.8 Å². The van der Waals surface area contributed by atoms with Crippen LogP contribution in [0.15, 0.2) is 22.8 Å². The molecule has 0 N–H and O–H groups in total. The zero-order chi connectivity index (χ0) is 18.7. The molecule has 4 heteroatoms. The van der Waals surface area contributed by atoms with Crippen molar-refractivity contribution in [3.8, 4) is 0 Å². The third-order valence-electron chi connectivity index (χ3n) is 7.74. The van der Waals surface area contributed by atoms with E-state index in [2.05, 4.69) is 6.92 Å². The van der Waals surface area contributed by atoms with Gasteiger partial charge in [0.2, 0.25) is 0 Å². The SMILES string of the molecule is CC(=O)OC1(C(C)=O)CCC2C3CCC4=CC(=O)CCC4=C3CCC21C. The second-order valence-electron chi connectivity index (χ2n) is 8.82. The molecule has 0 aliphatic heterocycles. The predicted molar refractivity (Wildman–Crippen MR) is 97.3 cm³/mol. The van der Waals surface area contributed by atoms with Crippen molar-refractivity contribution in [1.29, 1.82) is 0 Å². The molecule has 4 rings (SSSR count). The lowest BCUT2D eigenvalue weighted by Gasteiger charge is -2.52. The summed E-state index contributed by atoms with van der Waals surface area (Å²) < 4.78 is 5.77. The summed E-state index contributed by atoms with van der Waals surface area (Å²) in [4.78, 5) is 36.2. The Kier molecular flexibility index (Phi) is 4.01. The number of Topliss-reactive ketones (excluding diaryl/α,β-unsaturated/α-hetero) is 1. The normalized spacial score (nSPS) is 38.9. The van der Waals surface area contributed by atoms with Gasteiger partial charge in [0.05, 0.1) is 0 Å². The van der Waals surface area contributed by atoms with Gasteiger partial charge < -0.3 is 4.74 Å². The van der Waals surface area contributed by atoms with Gasteiger partial charge in [-0.25, -0.2) is 0 Å². The smallest absolute Gasteiger partial charge is 0.303 e. The largest absolute Gasteiger partial charge is 0.451 e. The number of carbonyl (C=O) groups excluding carboxylic acids is 3. The Hall–Kier alpha value is -1.71. The van der Waals surface area contributed by atoms with Gasteiger partial charge in [-0.2, -0.15) is 0 Å². The lowest BCUT2D eigenvalue weighted by Crippen LogP contribution is -2.55. The van der Waals surface area contributed by atoms with Gasteiger partial charge in [0.25, 0.3) is 0 Å². The van der Waals surface area contributed by atoms with E-state index in [4.69, 9.17) is 4.74 Å². The molecule has 26 heavy (non-hydrogen) atoms. The Morgan fingerprint density at radius 1 is 1.08 bits per heavy atom. The highest BCUT2D eigenvalue weighted by molar-refractivity contribution is 5.93. The molecular weight excluding hydrogens is 328 g/mol. The third kappa shape index (κ3) is 2.30. The molecule has 4 aliphatic carbocycles. The number of ketones is 2. The summed E-state index contributed by atoms with van der Waals surface area (Å²) in [7, 11) is 0. The number of carbonyl (C=O) groups is 3. The molecule has 4 nitrogen and oxygen atoms in total. The number of rotatable bonds is 2. The highest BCUT2D eigenvalue weighted by Gasteiger charge is 2.65. The van der Waals surface area contributed by atoms with Gasteiger partial charge in [-0.1, -0.05) is 12.5 Å². The van der Waals surface area contributed by atoms with E-state index >= 15 is 0 Å². The van der Waals surface area contributed by atoms with Crippen LogP contribution < -0.4 is 0 Å². The van der Waals surface area contributed by atoms with Crippen LogP contribution in [0.1, 0.15) is 72.1 Å². The maximum absolute atomic E-state index is 12.7. The van der Waals surface area contributed by atoms with E-state index < -0.39 is 5.60 Å². The Morgan fingerprint density at radius 3 is 2.54 bits per heavy atom.